The summed E-state index contributed by atoms with van der Waals surface area (Å²) in [6.07, 6.45) is 7.04. The second-order valence-corrected chi connectivity index (χ2v) is 5.38. The minimum atomic E-state index is 0.0950. The molecule has 0 aliphatic heterocycles. The third-order valence-corrected chi connectivity index (χ3v) is 3.92. The molecule has 0 aliphatic carbocycles. The van der Waals surface area contributed by atoms with Crippen LogP contribution in [0.1, 0.15) is 43.4 Å². The molecule has 0 fully saturated rings. The average molecular weight is 308 g/mol. The zero-order valence-corrected chi connectivity index (χ0v) is 13.6. The van der Waals surface area contributed by atoms with E-state index in [4.69, 9.17) is 11.6 Å². The molecule has 0 saturated heterocycles. The van der Waals surface area contributed by atoms with Gasteiger partial charge in [0.1, 0.15) is 0 Å². The molecule has 5 nitrogen and oxygen atoms in total. The van der Waals surface area contributed by atoms with Gasteiger partial charge in [0.2, 0.25) is 0 Å². The zero-order chi connectivity index (χ0) is 15.2. The molecule has 0 bridgehead atoms. The smallest absolute Gasteiger partial charge is 0.0847 e. The fourth-order valence-electron chi connectivity index (χ4n) is 2.35. The Morgan fingerprint density at radius 3 is 2.76 bits per heavy atom. The number of halogens is 1. The Bertz CT molecular complexity index is 567. The molecule has 2 aromatic heterocycles. The predicted molar refractivity (Wildman–Crippen MR) is 84.4 cm³/mol. The summed E-state index contributed by atoms with van der Waals surface area (Å²) in [4.78, 5) is 8.59. The van der Waals surface area contributed by atoms with E-state index in [1.54, 1.807) is 18.6 Å². The van der Waals surface area contributed by atoms with Gasteiger partial charge in [0.25, 0.3) is 0 Å². The highest BCUT2D eigenvalue weighted by molar-refractivity contribution is 6.31. The molecule has 1 unspecified atom stereocenters. The average Bonchev–Trinajstić information content (AvgIpc) is 2.79. The number of aromatic nitrogens is 4. The molecular formula is C15H22ClN5. The van der Waals surface area contributed by atoms with E-state index in [9.17, 15) is 0 Å². The van der Waals surface area contributed by atoms with Gasteiger partial charge < -0.3 is 5.32 Å². The zero-order valence-electron chi connectivity index (χ0n) is 12.8. The standard InChI is InChI=1S/C15H22ClN5/c1-4-6-18-12(13-10-17-7-8-19-13)9-14-15(16)11(3)20-21(14)5-2/h7-8,10,12,18H,4-6,9H2,1-3H3. The first-order valence-corrected chi connectivity index (χ1v) is 7.76. The molecular weight excluding hydrogens is 286 g/mol. The molecule has 6 heteroatoms. The molecule has 2 rings (SSSR count). The Morgan fingerprint density at radius 2 is 2.14 bits per heavy atom. The lowest BCUT2D eigenvalue weighted by Crippen LogP contribution is -2.26. The maximum Gasteiger partial charge on any atom is 0.0847 e. The third kappa shape index (κ3) is 3.80. The minimum absolute atomic E-state index is 0.0950. The summed E-state index contributed by atoms with van der Waals surface area (Å²) in [5.74, 6) is 0. The van der Waals surface area contributed by atoms with E-state index in [1.165, 1.54) is 0 Å². The van der Waals surface area contributed by atoms with Crippen molar-refractivity contribution >= 4 is 11.6 Å². The highest BCUT2D eigenvalue weighted by Crippen LogP contribution is 2.25. The van der Waals surface area contributed by atoms with Gasteiger partial charge in [0.05, 0.1) is 28.1 Å². The monoisotopic (exact) mass is 307 g/mol. The van der Waals surface area contributed by atoms with Crippen molar-refractivity contribution in [3.05, 3.63) is 40.7 Å². The van der Waals surface area contributed by atoms with Gasteiger partial charge in [0, 0.05) is 31.6 Å². The summed E-state index contributed by atoms with van der Waals surface area (Å²) in [5.41, 5.74) is 2.86. The summed E-state index contributed by atoms with van der Waals surface area (Å²) in [6, 6.07) is 0.0950. The van der Waals surface area contributed by atoms with Gasteiger partial charge in [-0.1, -0.05) is 18.5 Å². The van der Waals surface area contributed by atoms with Crippen molar-refractivity contribution in [1.29, 1.82) is 0 Å². The Morgan fingerprint density at radius 1 is 1.33 bits per heavy atom. The van der Waals surface area contributed by atoms with Crippen LogP contribution < -0.4 is 5.32 Å². The van der Waals surface area contributed by atoms with Crippen LogP contribution >= 0.6 is 11.6 Å². The maximum atomic E-state index is 6.41. The number of nitrogens with zero attached hydrogens (tertiary/aromatic N) is 4. The van der Waals surface area contributed by atoms with Gasteiger partial charge in [-0.3, -0.25) is 14.6 Å². The fourth-order valence-corrected chi connectivity index (χ4v) is 2.56. The van der Waals surface area contributed by atoms with Crippen molar-refractivity contribution < 1.29 is 0 Å². The van der Waals surface area contributed by atoms with E-state index in [0.29, 0.717) is 0 Å². The van der Waals surface area contributed by atoms with Crippen LogP contribution in [0.25, 0.3) is 0 Å². The normalized spacial score (nSPS) is 12.6. The molecule has 2 aromatic rings. The molecule has 0 aromatic carbocycles. The van der Waals surface area contributed by atoms with Crippen LogP contribution in [-0.4, -0.2) is 26.3 Å². The van der Waals surface area contributed by atoms with Crippen molar-refractivity contribution in [3.63, 3.8) is 0 Å². The van der Waals surface area contributed by atoms with Crippen LogP contribution in [0.4, 0.5) is 0 Å². The van der Waals surface area contributed by atoms with Crippen LogP contribution in [0.15, 0.2) is 18.6 Å². The van der Waals surface area contributed by atoms with Gasteiger partial charge in [-0.2, -0.15) is 5.10 Å². The number of rotatable bonds is 7. The number of nitrogens with one attached hydrogen (secondary N) is 1. The van der Waals surface area contributed by atoms with Gasteiger partial charge in [-0.15, -0.1) is 0 Å². The first kappa shape index (κ1) is 15.9. The SMILES string of the molecule is CCCNC(Cc1c(Cl)c(C)nn1CC)c1cnccn1. The highest BCUT2D eigenvalue weighted by Gasteiger charge is 2.19. The van der Waals surface area contributed by atoms with Crippen LogP contribution in [0, 0.1) is 6.92 Å². The van der Waals surface area contributed by atoms with E-state index in [0.717, 1.165) is 48.0 Å². The first-order chi connectivity index (χ1) is 10.2. The van der Waals surface area contributed by atoms with Gasteiger partial charge in [0.15, 0.2) is 0 Å². The van der Waals surface area contributed by atoms with Crippen LogP contribution in [0.3, 0.4) is 0 Å². The van der Waals surface area contributed by atoms with Crippen molar-refractivity contribution in [2.24, 2.45) is 0 Å². The molecule has 2 heterocycles. The molecule has 1 N–H and O–H groups in total. The lowest BCUT2D eigenvalue weighted by atomic mass is 10.1. The Kier molecular flexibility index (Phi) is 5.70. The Labute approximate surface area is 130 Å². The number of aryl methyl sites for hydroxylation is 2. The summed E-state index contributed by atoms with van der Waals surface area (Å²) in [5, 5.41) is 8.75. The lowest BCUT2D eigenvalue weighted by molar-refractivity contribution is 0.492. The summed E-state index contributed by atoms with van der Waals surface area (Å²) in [6.45, 7) is 7.90. The third-order valence-electron chi connectivity index (χ3n) is 3.43. The van der Waals surface area contributed by atoms with Crippen LogP contribution in [0.2, 0.25) is 5.02 Å². The maximum absolute atomic E-state index is 6.41. The second kappa shape index (κ2) is 7.52. The van der Waals surface area contributed by atoms with Gasteiger partial charge in [-0.05, 0) is 26.8 Å². The van der Waals surface area contributed by atoms with Crippen LogP contribution in [0.5, 0.6) is 0 Å². The topological polar surface area (TPSA) is 55.6 Å². The minimum Gasteiger partial charge on any atom is -0.308 e. The molecule has 0 aliphatic rings. The van der Waals surface area contributed by atoms with Crippen LogP contribution in [-0.2, 0) is 13.0 Å². The van der Waals surface area contributed by atoms with Crippen molar-refractivity contribution in [2.75, 3.05) is 6.54 Å². The molecule has 21 heavy (non-hydrogen) atoms. The van der Waals surface area contributed by atoms with Gasteiger partial charge >= 0.3 is 0 Å². The van der Waals surface area contributed by atoms with E-state index >= 15 is 0 Å². The van der Waals surface area contributed by atoms with E-state index in [2.05, 4.69) is 34.2 Å². The van der Waals surface area contributed by atoms with Crippen molar-refractivity contribution in [1.82, 2.24) is 25.1 Å². The summed E-state index contributed by atoms with van der Waals surface area (Å²) < 4.78 is 1.97. The Hall–Kier alpha value is -1.46. The van der Waals surface area contributed by atoms with Crippen molar-refractivity contribution in [2.45, 2.75) is 46.2 Å². The van der Waals surface area contributed by atoms with Gasteiger partial charge in [-0.25, -0.2) is 0 Å². The van der Waals surface area contributed by atoms with E-state index < -0.39 is 0 Å². The molecule has 114 valence electrons. The van der Waals surface area contributed by atoms with Crippen molar-refractivity contribution in [3.8, 4) is 0 Å². The molecule has 0 spiro atoms. The number of hydrogen-bond acceptors (Lipinski definition) is 4. The summed E-state index contributed by atoms with van der Waals surface area (Å²) >= 11 is 6.41. The fraction of sp³-hybridized carbons (Fsp3) is 0.533. The predicted octanol–water partition coefficient (Wildman–Crippen LogP) is 2.94. The first-order valence-electron chi connectivity index (χ1n) is 7.38. The molecule has 0 radical (unpaired) electrons. The largest absolute Gasteiger partial charge is 0.308 e. The summed E-state index contributed by atoms with van der Waals surface area (Å²) in [7, 11) is 0. The number of hydrogen-bond donors (Lipinski definition) is 1. The Balaban J connectivity index is 2.27. The molecule has 1 atom stereocenters. The molecule has 0 saturated carbocycles. The molecule has 0 amide bonds. The second-order valence-electron chi connectivity index (χ2n) is 5.00. The quantitative estimate of drug-likeness (QED) is 0.854. The highest BCUT2D eigenvalue weighted by atomic mass is 35.5. The van der Waals surface area contributed by atoms with E-state index in [1.807, 2.05) is 11.6 Å². The lowest BCUT2D eigenvalue weighted by Gasteiger charge is -2.18. The van der Waals surface area contributed by atoms with E-state index in [-0.39, 0.29) is 6.04 Å².